The van der Waals surface area contributed by atoms with Crippen molar-refractivity contribution in [3.63, 3.8) is 0 Å². The molecule has 1 aliphatic carbocycles. The van der Waals surface area contributed by atoms with Gasteiger partial charge in [0.05, 0.1) is 29.7 Å². The van der Waals surface area contributed by atoms with E-state index in [2.05, 4.69) is 0 Å². The number of thiophene rings is 1. The molecular weight excluding hydrogens is 313 g/mol. The molecule has 0 aromatic carbocycles. The second kappa shape index (κ2) is 5.46. The van der Waals surface area contributed by atoms with Gasteiger partial charge in [0, 0.05) is 10.8 Å². The molecule has 7 heteroatoms. The maximum Gasteiger partial charge on any atom is 1.00 e. The molecule has 0 saturated carbocycles. The van der Waals surface area contributed by atoms with E-state index < -0.39 is 18.0 Å². The summed E-state index contributed by atoms with van der Waals surface area (Å²) in [6.45, 7) is 1.59. The minimum absolute atomic E-state index is 0. The van der Waals surface area contributed by atoms with Crippen molar-refractivity contribution in [3.8, 4) is 0 Å². The van der Waals surface area contributed by atoms with Gasteiger partial charge in [-0.15, -0.1) is 11.3 Å². The van der Waals surface area contributed by atoms with Crippen LogP contribution in [0.2, 0.25) is 0 Å². The van der Waals surface area contributed by atoms with Gasteiger partial charge in [0.1, 0.15) is 0 Å². The maximum absolute atomic E-state index is 12.2. The predicted molar refractivity (Wildman–Crippen MR) is 73.9 cm³/mol. The van der Waals surface area contributed by atoms with E-state index in [-0.39, 0.29) is 53.1 Å². The standard InChI is InChI=1S/C15H15NO4S.Na/c1-6(17)10-12-8-2-3-9-7(4-5-21-9)11(8)13(15(19)20)16(12)14(10)18;/h4-6,8,10,12,17H,2-3H2,1H3,(H,19,20);/q;+1/p-1/t6-,8-,10-,12-;/m1./s1. The monoisotopic (exact) mass is 327 g/mol. The van der Waals surface area contributed by atoms with Gasteiger partial charge >= 0.3 is 29.6 Å². The Morgan fingerprint density at radius 1 is 1.55 bits per heavy atom. The van der Waals surface area contributed by atoms with Crippen LogP contribution in [-0.4, -0.2) is 34.0 Å². The minimum Gasteiger partial charge on any atom is -0.543 e. The predicted octanol–water partition coefficient (Wildman–Crippen LogP) is -3.00. The fourth-order valence-corrected chi connectivity index (χ4v) is 5.01. The summed E-state index contributed by atoms with van der Waals surface area (Å²) in [5.41, 5.74) is 1.70. The van der Waals surface area contributed by atoms with Crippen LogP contribution in [-0.2, 0) is 16.0 Å². The van der Waals surface area contributed by atoms with Gasteiger partial charge in [0.25, 0.3) is 0 Å². The number of aliphatic hydroxyl groups is 1. The molecule has 1 amide bonds. The molecule has 1 aromatic heterocycles. The van der Waals surface area contributed by atoms with Crippen LogP contribution in [0, 0.1) is 11.8 Å². The van der Waals surface area contributed by atoms with E-state index >= 15 is 0 Å². The summed E-state index contributed by atoms with van der Waals surface area (Å²) in [5, 5.41) is 23.4. The summed E-state index contributed by atoms with van der Waals surface area (Å²) in [4.78, 5) is 26.3. The van der Waals surface area contributed by atoms with Crippen LogP contribution in [0.4, 0.5) is 0 Å². The summed E-state index contributed by atoms with van der Waals surface area (Å²) in [6.07, 6.45) is 0.953. The Labute approximate surface area is 153 Å². The molecule has 0 radical (unpaired) electrons. The Kier molecular flexibility index (Phi) is 4.02. The number of carbonyl (C=O) groups is 2. The third-order valence-electron chi connectivity index (χ3n) is 4.90. The number of hydrogen-bond acceptors (Lipinski definition) is 5. The molecule has 1 aromatic rings. The molecule has 1 N–H and O–H groups in total. The van der Waals surface area contributed by atoms with Crippen LogP contribution >= 0.6 is 11.3 Å². The zero-order valence-corrected chi connectivity index (χ0v) is 15.2. The molecule has 5 nitrogen and oxygen atoms in total. The summed E-state index contributed by atoms with van der Waals surface area (Å²) in [5.74, 6) is -2.10. The number of β-lactam (4-membered cyclic amide) rings is 1. The Balaban J connectivity index is 0.00000144. The average molecular weight is 327 g/mol. The Morgan fingerprint density at radius 3 is 2.91 bits per heavy atom. The average Bonchev–Trinajstić information content (AvgIpc) is 2.97. The van der Waals surface area contributed by atoms with Crippen molar-refractivity contribution in [3.05, 3.63) is 27.6 Å². The number of carboxylic acids is 1. The number of carbonyl (C=O) groups excluding carboxylic acids is 2. The van der Waals surface area contributed by atoms with Gasteiger partial charge in [-0.2, -0.15) is 0 Å². The third-order valence-corrected chi connectivity index (χ3v) is 5.88. The van der Waals surface area contributed by atoms with E-state index in [4.69, 9.17) is 0 Å². The van der Waals surface area contributed by atoms with Gasteiger partial charge < -0.3 is 19.9 Å². The van der Waals surface area contributed by atoms with Crippen molar-refractivity contribution in [2.24, 2.45) is 11.8 Å². The molecular formula is C15H14NNaO4S. The van der Waals surface area contributed by atoms with E-state index in [1.54, 1.807) is 18.3 Å². The van der Waals surface area contributed by atoms with Gasteiger partial charge in [-0.1, -0.05) is 0 Å². The van der Waals surface area contributed by atoms with Crippen molar-refractivity contribution in [1.82, 2.24) is 4.90 Å². The van der Waals surface area contributed by atoms with Gasteiger partial charge in [-0.05, 0) is 42.3 Å². The van der Waals surface area contributed by atoms with Gasteiger partial charge in [-0.25, -0.2) is 0 Å². The number of rotatable bonds is 2. The van der Waals surface area contributed by atoms with E-state index in [9.17, 15) is 19.8 Å². The molecule has 1 fully saturated rings. The van der Waals surface area contributed by atoms with E-state index in [0.29, 0.717) is 0 Å². The quantitative estimate of drug-likeness (QED) is 0.464. The first-order chi connectivity index (χ1) is 10.0. The molecule has 3 heterocycles. The number of aliphatic hydroxyl groups excluding tert-OH is 1. The van der Waals surface area contributed by atoms with Gasteiger partial charge in [0.2, 0.25) is 5.91 Å². The largest absolute Gasteiger partial charge is 1.00 e. The Hall–Kier alpha value is -0.660. The topological polar surface area (TPSA) is 80.7 Å². The van der Waals surface area contributed by atoms with Crippen molar-refractivity contribution in [2.75, 3.05) is 0 Å². The normalized spacial score (nSPS) is 30.0. The van der Waals surface area contributed by atoms with Crippen LogP contribution in [0.3, 0.4) is 0 Å². The molecule has 0 bridgehead atoms. The van der Waals surface area contributed by atoms with Crippen LogP contribution in [0.5, 0.6) is 0 Å². The summed E-state index contributed by atoms with van der Waals surface area (Å²) in [6, 6.07) is 1.70. The first-order valence-electron chi connectivity index (χ1n) is 7.05. The van der Waals surface area contributed by atoms with Crippen molar-refractivity contribution >= 4 is 28.8 Å². The first kappa shape index (κ1) is 16.2. The summed E-state index contributed by atoms with van der Waals surface area (Å²) in [7, 11) is 0. The minimum atomic E-state index is -1.30. The molecule has 22 heavy (non-hydrogen) atoms. The summed E-state index contributed by atoms with van der Waals surface area (Å²) >= 11 is 1.62. The van der Waals surface area contributed by atoms with Crippen LogP contribution in [0.1, 0.15) is 23.8 Å². The van der Waals surface area contributed by atoms with Crippen LogP contribution < -0.4 is 34.7 Å². The fraction of sp³-hybridized carbons (Fsp3) is 0.467. The Morgan fingerprint density at radius 2 is 2.27 bits per heavy atom. The number of fused-ring (bicyclic) bond motifs is 5. The number of aliphatic carboxylic acids is 1. The number of carboxylic acid groups (broad SMARTS) is 1. The zero-order chi connectivity index (χ0) is 14.9. The summed E-state index contributed by atoms with van der Waals surface area (Å²) < 4.78 is 0. The zero-order valence-electron chi connectivity index (χ0n) is 12.4. The van der Waals surface area contributed by atoms with Gasteiger partial charge in [0.15, 0.2) is 0 Å². The van der Waals surface area contributed by atoms with Crippen molar-refractivity contribution in [2.45, 2.75) is 31.9 Å². The molecule has 2 aliphatic heterocycles. The van der Waals surface area contributed by atoms with Crippen molar-refractivity contribution in [1.29, 1.82) is 0 Å². The Bertz CT molecular complexity index is 695. The molecule has 1 saturated heterocycles. The first-order valence-corrected chi connectivity index (χ1v) is 7.93. The number of nitrogens with zero attached hydrogens (tertiary/aromatic N) is 1. The van der Waals surface area contributed by atoms with Crippen LogP contribution in [0.15, 0.2) is 17.1 Å². The van der Waals surface area contributed by atoms with E-state index in [0.717, 1.165) is 24.0 Å². The van der Waals surface area contributed by atoms with E-state index in [1.807, 2.05) is 11.4 Å². The molecule has 4 rings (SSSR count). The number of hydrogen-bond donors (Lipinski definition) is 1. The van der Waals surface area contributed by atoms with E-state index in [1.165, 1.54) is 9.78 Å². The van der Waals surface area contributed by atoms with Gasteiger partial charge in [-0.3, -0.25) is 4.79 Å². The smallest absolute Gasteiger partial charge is 0.543 e. The SMILES string of the molecule is C[C@@H](O)[C@H]1C(=O)N2C(C(=O)[O-])=C3c4ccsc4CC[C@H]3[C@H]12.[Na+]. The molecule has 4 atom stereocenters. The molecule has 0 spiro atoms. The number of aryl methyl sites for hydroxylation is 1. The molecule has 3 aliphatic rings. The maximum atomic E-state index is 12.2. The van der Waals surface area contributed by atoms with Crippen LogP contribution in [0.25, 0.3) is 5.57 Å². The molecule has 110 valence electrons. The fourth-order valence-electron chi connectivity index (χ4n) is 4.10. The molecule has 0 unspecified atom stereocenters. The second-order valence-corrected chi connectivity index (χ2v) is 6.92. The third kappa shape index (κ3) is 1.91. The van der Waals surface area contributed by atoms with Crippen molar-refractivity contribution < 1.29 is 49.4 Å². The number of amides is 1. The second-order valence-electron chi connectivity index (χ2n) is 5.92.